The highest BCUT2D eigenvalue weighted by Crippen LogP contribution is 2.27. The van der Waals surface area contributed by atoms with Crippen molar-refractivity contribution in [3.63, 3.8) is 0 Å². The molecule has 1 fully saturated rings. The van der Waals surface area contributed by atoms with Gasteiger partial charge in [0.1, 0.15) is 5.75 Å². The summed E-state index contributed by atoms with van der Waals surface area (Å²) in [5.41, 5.74) is 1.92. The van der Waals surface area contributed by atoms with E-state index in [0.717, 1.165) is 12.1 Å². The van der Waals surface area contributed by atoms with Crippen LogP contribution in [-0.2, 0) is 16.0 Å². The molecule has 0 N–H and O–H groups in total. The maximum absolute atomic E-state index is 12.3. The molecule has 24 heavy (non-hydrogen) atoms. The number of ether oxygens (including phenoxy) is 1. The molecule has 2 aromatic rings. The van der Waals surface area contributed by atoms with Crippen molar-refractivity contribution >= 4 is 29.2 Å². The fourth-order valence-electron chi connectivity index (χ4n) is 2.73. The Labute approximate surface area is 146 Å². The Morgan fingerprint density at radius 3 is 2.46 bits per heavy atom. The number of carbonyl (C=O) groups is 2. The third-order valence-corrected chi connectivity index (χ3v) is 4.40. The first kappa shape index (κ1) is 16.5. The van der Waals surface area contributed by atoms with E-state index in [2.05, 4.69) is 6.92 Å². The molecule has 3 rings (SSSR count). The molecule has 0 saturated carbocycles. The standard InChI is InChI=1S/C19H18ClNO3/c1-2-13-3-9-17(10-4-13)24-19(23)14-11-18(22)21(12-14)16-7-5-15(20)6-8-16/h3-10,14H,2,11-12H2,1H3/t14-/m0/s1. The highest BCUT2D eigenvalue weighted by Gasteiger charge is 2.36. The van der Waals surface area contributed by atoms with Gasteiger partial charge in [-0.15, -0.1) is 0 Å². The molecule has 0 bridgehead atoms. The highest BCUT2D eigenvalue weighted by molar-refractivity contribution is 6.30. The van der Waals surface area contributed by atoms with Gasteiger partial charge in [-0.25, -0.2) is 0 Å². The number of rotatable bonds is 4. The third-order valence-electron chi connectivity index (χ3n) is 4.15. The van der Waals surface area contributed by atoms with Crippen LogP contribution in [0.3, 0.4) is 0 Å². The van der Waals surface area contributed by atoms with Crippen molar-refractivity contribution in [3.8, 4) is 5.75 Å². The molecule has 2 aromatic carbocycles. The lowest BCUT2D eigenvalue weighted by Crippen LogP contribution is -2.27. The Kier molecular flexibility index (Phi) is 4.86. The van der Waals surface area contributed by atoms with Crippen molar-refractivity contribution < 1.29 is 14.3 Å². The molecule has 5 heteroatoms. The predicted molar refractivity (Wildman–Crippen MR) is 93.4 cm³/mol. The molecule has 1 aliphatic rings. The fourth-order valence-corrected chi connectivity index (χ4v) is 2.85. The van der Waals surface area contributed by atoms with Crippen LogP contribution in [0.25, 0.3) is 0 Å². The number of nitrogens with zero attached hydrogens (tertiary/aromatic N) is 1. The minimum absolute atomic E-state index is 0.0828. The number of hydrogen-bond acceptors (Lipinski definition) is 3. The number of benzene rings is 2. The van der Waals surface area contributed by atoms with E-state index in [0.29, 0.717) is 17.3 Å². The van der Waals surface area contributed by atoms with Crippen molar-refractivity contribution in [1.82, 2.24) is 0 Å². The second kappa shape index (κ2) is 7.05. The molecule has 0 aromatic heterocycles. The molecule has 1 amide bonds. The quantitative estimate of drug-likeness (QED) is 0.625. The lowest BCUT2D eigenvalue weighted by molar-refractivity contribution is -0.139. The van der Waals surface area contributed by atoms with Crippen LogP contribution in [0.5, 0.6) is 5.75 Å². The van der Waals surface area contributed by atoms with Crippen molar-refractivity contribution in [2.45, 2.75) is 19.8 Å². The van der Waals surface area contributed by atoms with Gasteiger partial charge in [-0.05, 0) is 48.4 Å². The molecule has 124 valence electrons. The van der Waals surface area contributed by atoms with Crippen LogP contribution in [0.2, 0.25) is 5.02 Å². The van der Waals surface area contributed by atoms with Crippen LogP contribution in [0.15, 0.2) is 48.5 Å². The summed E-state index contributed by atoms with van der Waals surface area (Å²) in [6.45, 7) is 2.39. The highest BCUT2D eigenvalue weighted by atomic mass is 35.5. The molecule has 0 spiro atoms. The lowest BCUT2D eigenvalue weighted by Gasteiger charge is -2.16. The van der Waals surface area contributed by atoms with Gasteiger partial charge in [0.2, 0.25) is 5.91 Å². The monoisotopic (exact) mass is 343 g/mol. The van der Waals surface area contributed by atoms with Gasteiger partial charge in [-0.3, -0.25) is 9.59 Å². The summed E-state index contributed by atoms with van der Waals surface area (Å²) in [4.78, 5) is 26.1. The Bertz CT molecular complexity index is 740. The van der Waals surface area contributed by atoms with Crippen molar-refractivity contribution in [2.75, 3.05) is 11.4 Å². The van der Waals surface area contributed by atoms with Crippen molar-refractivity contribution in [3.05, 3.63) is 59.1 Å². The molecule has 4 nitrogen and oxygen atoms in total. The zero-order valence-electron chi connectivity index (χ0n) is 13.4. The van der Waals surface area contributed by atoms with Gasteiger partial charge in [0.25, 0.3) is 0 Å². The van der Waals surface area contributed by atoms with Gasteiger partial charge in [0.05, 0.1) is 5.92 Å². The predicted octanol–water partition coefficient (Wildman–Crippen LogP) is 3.86. The average molecular weight is 344 g/mol. The second-order valence-corrected chi connectivity index (χ2v) is 6.24. The summed E-state index contributed by atoms with van der Waals surface area (Å²) in [5.74, 6) is -0.404. The number of hydrogen-bond donors (Lipinski definition) is 0. The van der Waals surface area contributed by atoms with Gasteiger partial charge >= 0.3 is 5.97 Å². The zero-order valence-corrected chi connectivity index (χ0v) is 14.1. The van der Waals surface area contributed by atoms with E-state index in [1.54, 1.807) is 41.3 Å². The summed E-state index contributed by atoms with van der Waals surface area (Å²) >= 11 is 5.87. The number of carbonyl (C=O) groups excluding carboxylic acids is 2. The van der Waals surface area contributed by atoms with E-state index >= 15 is 0 Å². The molecule has 1 atom stereocenters. The minimum atomic E-state index is -0.459. The smallest absolute Gasteiger partial charge is 0.316 e. The summed E-state index contributed by atoms with van der Waals surface area (Å²) < 4.78 is 5.41. The van der Waals surface area contributed by atoms with E-state index in [-0.39, 0.29) is 18.3 Å². The largest absolute Gasteiger partial charge is 0.426 e. The van der Waals surface area contributed by atoms with E-state index in [4.69, 9.17) is 16.3 Å². The Morgan fingerprint density at radius 2 is 1.83 bits per heavy atom. The molecule has 1 saturated heterocycles. The summed E-state index contributed by atoms with van der Waals surface area (Å²) in [6, 6.07) is 14.4. The summed E-state index contributed by atoms with van der Waals surface area (Å²) in [7, 11) is 0. The first-order valence-electron chi connectivity index (χ1n) is 7.93. The molecule has 0 aliphatic carbocycles. The van der Waals surface area contributed by atoms with Gasteiger partial charge in [0.15, 0.2) is 0 Å². The van der Waals surface area contributed by atoms with Crippen LogP contribution < -0.4 is 9.64 Å². The van der Waals surface area contributed by atoms with E-state index in [1.807, 2.05) is 12.1 Å². The van der Waals surface area contributed by atoms with Crippen molar-refractivity contribution in [1.29, 1.82) is 0 Å². The average Bonchev–Trinajstić information content (AvgIpc) is 2.98. The number of halogens is 1. The van der Waals surface area contributed by atoms with Crippen LogP contribution in [-0.4, -0.2) is 18.4 Å². The number of aryl methyl sites for hydroxylation is 1. The van der Waals surface area contributed by atoms with Crippen molar-refractivity contribution in [2.24, 2.45) is 5.92 Å². The van der Waals surface area contributed by atoms with Crippen LogP contribution in [0.1, 0.15) is 18.9 Å². The molecule has 0 radical (unpaired) electrons. The molecular weight excluding hydrogens is 326 g/mol. The minimum Gasteiger partial charge on any atom is -0.426 e. The maximum atomic E-state index is 12.3. The Hall–Kier alpha value is -2.33. The molecule has 1 heterocycles. The fraction of sp³-hybridized carbons (Fsp3) is 0.263. The zero-order chi connectivity index (χ0) is 17.1. The number of esters is 1. The van der Waals surface area contributed by atoms with Crippen LogP contribution >= 0.6 is 11.6 Å². The topological polar surface area (TPSA) is 46.6 Å². The molecule has 0 unspecified atom stereocenters. The van der Waals surface area contributed by atoms with Gasteiger partial charge < -0.3 is 9.64 Å². The normalized spacial score (nSPS) is 17.2. The maximum Gasteiger partial charge on any atom is 0.316 e. The lowest BCUT2D eigenvalue weighted by atomic mass is 10.1. The Morgan fingerprint density at radius 1 is 1.17 bits per heavy atom. The molecular formula is C19H18ClNO3. The SMILES string of the molecule is CCc1ccc(OC(=O)[C@H]2CC(=O)N(c3ccc(Cl)cc3)C2)cc1. The Balaban J connectivity index is 1.66. The third kappa shape index (κ3) is 3.60. The first-order valence-corrected chi connectivity index (χ1v) is 8.31. The van der Waals surface area contributed by atoms with E-state index in [9.17, 15) is 9.59 Å². The summed E-state index contributed by atoms with van der Waals surface area (Å²) in [5, 5.41) is 0.608. The van der Waals surface area contributed by atoms with Gasteiger partial charge in [-0.1, -0.05) is 30.7 Å². The van der Waals surface area contributed by atoms with Crippen LogP contribution in [0, 0.1) is 5.92 Å². The number of anilines is 1. The van der Waals surface area contributed by atoms with E-state index < -0.39 is 5.92 Å². The van der Waals surface area contributed by atoms with Gasteiger partial charge in [0, 0.05) is 23.7 Å². The second-order valence-electron chi connectivity index (χ2n) is 5.80. The summed E-state index contributed by atoms with van der Waals surface area (Å²) in [6.07, 6.45) is 1.09. The van der Waals surface area contributed by atoms with Crippen LogP contribution in [0.4, 0.5) is 5.69 Å². The molecule has 1 aliphatic heterocycles. The van der Waals surface area contributed by atoms with E-state index in [1.165, 1.54) is 5.56 Å². The first-order chi connectivity index (χ1) is 11.6. The number of amides is 1. The van der Waals surface area contributed by atoms with Gasteiger partial charge in [-0.2, -0.15) is 0 Å².